The maximum atomic E-state index is 10.7. The van der Waals surface area contributed by atoms with Gasteiger partial charge in [0, 0.05) is 6.42 Å². The smallest absolute Gasteiger partial charge is 0.297 e. The molecule has 0 aromatic carbocycles. The number of allylic oxidation sites excluding steroid dienone is 3. The molecule has 5 heteroatoms. The average Bonchev–Trinajstić information content (AvgIpc) is 2.03. The van der Waals surface area contributed by atoms with Crippen molar-refractivity contribution in [1.82, 2.24) is 0 Å². The van der Waals surface area contributed by atoms with Gasteiger partial charge in [-0.05, 0) is 12.5 Å². The van der Waals surface area contributed by atoms with E-state index in [4.69, 9.17) is 9.29 Å². The average molecular weight is 190 g/mol. The standard InChI is InChI=1S/C7H10O4S/c1-11-6-4-2-3-5-7(6)12(8,9)10/h3,5H,2,4H2,1H3,(H,8,9,10). The molecule has 0 bridgehead atoms. The Morgan fingerprint density at radius 1 is 1.58 bits per heavy atom. The minimum absolute atomic E-state index is 0.128. The lowest BCUT2D eigenvalue weighted by Gasteiger charge is -2.11. The van der Waals surface area contributed by atoms with Crippen LogP contribution >= 0.6 is 0 Å². The summed E-state index contributed by atoms with van der Waals surface area (Å²) in [6.45, 7) is 0. The summed E-state index contributed by atoms with van der Waals surface area (Å²) < 4.78 is 35.0. The quantitative estimate of drug-likeness (QED) is 0.662. The van der Waals surface area contributed by atoms with Crippen LogP contribution in [0, 0.1) is 0 Å². The van der Waals surface area contributed by atoms with E-state index in [-0.39, 0.29) is 4.91 Å². The normalized spacial score (nSPS) is 18.2. The van der Waals surface area contributed by atoms with Crippen LogP contribution in [0.3, 0.4) is 0 Å². The molecule has 4 nitrogen and oxygen atoms in total. The molecule has 0 saturated heterocycles. The molecular weight excluding hydrogens is 180 g/mol. The largest absolute Gasteiger partial charge is 0.500 e. The van der Waals surface area contributed by atoms with E-state index in [0.717, 1.165) is 6.42 Å². The van der Waals surface area contributed by atoms with Gasteiger partial charge in [-0.2, -0.15) is 8.42 Å². The highest BCUT2D eigenvalue weighted by Gasteiger charge is 2.19. The molecule has 0 fully saturated rings. The Labute approximate surface area is 71.3 Å². The summed E-state index contributed by atoms with van der Waals surface area (Å²) in [5, 5.41) is 0. The molecule has 0 amide bonds. The van der Waals surface area contributed by atoms with Crippen molar-refractivity contribution in [1.29, 1.82) is 0 Å². The molecule has 0 saturated carbocycles. The molecule has 1 rings (SSSR count). The van der Waals surface area contributed by atoms with Gasteiger partial charge in [-0.25, -0.2) is 0 Å². The predicted molar refractivity (Wildman–Crippen MR) is 44.0 cm³/mol. The third-order valence-electron chi connectivity index (χ3n) is 1.61. The Balaban J connectivity index is 3.14. The van der Waals surface area contributed by atoms with Crippen molar-refractivity contribution in [2.24, 2.45) is 0 Å². The topological polar surface area (TPSA) is 63.6 Å². The van der Waals surface area contributed by atoms with Gasteiger partial charge >= 0.3 is 0 Å². The highest BCUT2D eigenvalue weighted by atomic mass is 32.2. The SMILES string of the molecule is COC1=C(S(=O)(=O)O)C=CCC1. The molecule has 0 heterocycles. The van der Waals surface area contributed by atoms with E-state index in [1.54, 1.807) is 6.08 Å². The van der Waals surface area contributed by atoms with Crippen LogP contribution in [-0.4, -0.2) is 20.1 Å². The summed E-state index contributed by atoms with van der Waals surface area (Å²) in [4.78, 5) is -0.128. The predicted octanol–water partition coefficient (Wildman–Crippen LogP) is 1.08. The van der Waals surface area contributed by atoms with Crippen molar-refractivity contribution >= 4 is 10.1 Å². The summed E-state index contributed by atoms with van der Waals surface area (Å²) in [7, 11) is -2.73. The fourth-order valence-electron chi connectivity index (χ4n) is 1.05. The molecule has 0 radical (unpaired) electrons. The summed E-state index contributed by atoms with van der Waals surface area (Å²) in [5.41, 5.74) is 0. The summed E-state index contributed by atoms with van der Waals surface area (Å²) >= 11 is 0. The van der Waals surface area contributed by atoms with Crippen molar-refractivity contribution in [2.75, 3.05) is 7.11 Å². The lowest BCUT2D eigenvalue weighted by molar-refractivity contribution is 0.274. The van der Waals surface area contributed by atoms with E-state index < -0.39 is 10.1 Å². The highest BCUT2D eigenvalue weighted by Crippen LogP contribution is 2.22. The van der Waals surface area contributed by atoms with Gasteiger partial charge in [0.05, 0.1) is 7.11 Å². The van der Waals surface area contributed by atoms with E-state index in [2.05, 4.69) is 0 Å². The van der Waals surface area contributed by atoms with Gasteiger partial charge in [0.2, 0.25) is 0 Å². The van der Waals surface area contributed by atoms with E-state index in [1.807, 2.05) is 0 Å². The molecular formula is C7H10O4S. The first-order valence-corrected chi connectivity index (χ1v) is 4.91. The zero-order chi connectivity index (χ0) is 9.19. The van der Waals surface area contributed by atoms with Crippen LogP contribution in [0.15, 0.2) is 22.8 Å². The van der Waals surface area contributed by atoms with Gasteiger partial charge in [-0.15, -0.1) is 0 Å². The monoisotopic (exact) mass is 190 g/mol. The number of ether oxygens (including phenoxy) is 1. The molecule has 0 aromatic heterocycles. The molecule has 0 atom stereocenters. The molecule has 0 spiro atoms. The number of methoxy groups -OCH3 is 1. The number of hydrogen-bond donors (Lipinski definition) is 1. The zero-order valence-corrected chi connectivity index (χ0v) is 7.47. The second-order valence-corrected chi connectivity index (χ2v) is 3.80. The fourth-order valence-corrected chi connectivity index (χ4v) is 1.79. The molecule has 0 aliphatic heterocycles. The molecule has 0 aromatic rings. The minimum atomic E-state index is -4.12. The Morgan fingerprint density at radius 3 is 2.67 bits per heavy atom. The van der Waals surface area contributed by atoms with Crippen LogP contribution in [0.1, 0.15) is 12.8 Å². The summed E-state index contributed by atoms with van der Waals surface area (Å²) in [5.74, 6) is 0.319. The highest BCUT2D eigenvalue weighted by molar-refractivity contribution is 7.90. The third kappa shape index (κ3) is 1.86. The fraction of sp³-hybridized carbons (Fsp3) is 0.429. The lowest BCUT2D eigenvalue weighted by atomic mass is 10.2. The first-order chi connectivity index (χ1) is 5.55. The van der Waals surface area contributed by atoms with E-state index >= 15 is 0 Å². The molecule has 0 unspecified atom stereocenters. The maximum absolute atomic E-state index is 10.7. The van der Waals surface area contributed by atoms with Crippen LogP contribution in [0.2, 0.25) is 0 Å². The van der Waals surface area contributed by atoms with E-state index in [0.29, 0.717) is 12.2 Å². The molecule has 1 N–H and O–H groups in total. The Kier molecular flexibility index (Phi) is 2.54. The van der Waals surface area contributed by atoms with Crippen LogP contribution in [0.4, 0.5) is 0 Å². The summed E-state index contributed by atoms with van der Waals surface area (Å²) in [6.07, 6.45) is 4.30. The lowest BCUT2D eigenvalue weighted by Crippen LogP contribution is -2.07. The first kappa shape index (κ1) is 9.28. The molecule has 12 heavy (non-hydrogen) atoms. The second kappa shape index (κ2) is 3.28. The molecule has 1 aliphatic carbocycles. The van der Waals surface area contributed by atoms with Gasteiger partial charge in [-0.3, -0.25) is 4.55 Å². The van der Waals surface area contributed by atoms with Crippen molar-refractivity contribution in [3.8, 4) is 0 Å². The Morgan fingerprint density at radius 2 is 2.25 bits per heavy atom. The van der Waals surface area contributed by atoms with Gasteiger partial charge in [-0.1, -0.05) is 6.08 Å². The van der Waals surface area contributed by atoms with Gasteiger partial charge in [0.15, 0.2) is 0 Å². The third-order valence-corrected chi connectivity index (χ3v) is 2.53. The Hall–Kier alpha value is -0.810. The maximum Gasteiger partial charge on any atom is 0.297 e. The zero-order valence-electron chi connectivity index (χ0n) is 6.65. The van der Waals surface area contributed by atoms with E-state index in [9.17, 15) is 8.42 Å². The van der Waals surface area contributed by atoms with Crippen LogP contribution in [-0.2, 0) is 14.9 Å². The van der Waals surface area contributed by atoms with Gasteiger partial charge in [0.25, 0.3) is 10.1 Å². The van der Waals surface area contributed by atoms with Crippen LogP contribution in [0.5, 0.6) is 0 Å². The first-order valence-electron chi connectivity index (χ1n) is 3.47. The molecule has 68 valence electrons. The number of hydrogen-bond acceptors (Lipinski definition) is 3. The van der Waals surface area contributed by atoms with Crippen molar-refractivity contribution < 1.29 is 17.7 Å². The van der Waals surface area contributed by atoms with Gasteiger partial charge < -0.3 is 4.74 Å². The second-order valence-electron chi connectivity index (χ2n) is 2.41. The van der Waals surface area contributed by atoms with Crippen molar-refractivity contribution in [3.05, 3.63) is 22.8 Å². The van der Waals surface area contributed by atoms with Crippen molar-refractivity contribution in [3.63, 3.8) is 0 Å². The van der Waals surface area contributed by atoms with Crippen LogP contribution in [0.25, 0.3) is 0 Å². The minimum Gasteiger partial charge on any atom is -0.500 e. The van der Waals surface area contributed by atoms with Gasteiger partial charge in [0.1, 0.15) is 10.7 Å². The molecule has 1 aliphatic rings. The van der Waals surface area contributed by atoms with Crippen LogP contribution < -0.4 is 0 Å². The van der Waals surface area contributed by atoms with E-state index in [1.165, 1.54) is 13.2 Å². The van der Waals surface area contributed by atoms with Crippen molar-refractivity contribution in [2.45, 2.75) is 12.8 Å². The Bertz CT molecular complexity index is 323. The summed E-state index contributed by atoms with van der Waals surface area (Å²) in [6, 6.07) is 0. The number of rotatable bonds is 2.